The van der Waals surface area contributed by atoms with E-state index in [9.17, 15) is 4.79 Å². The lowest BCUT2D eigenvalue weighted by Crippen LogP contribution is -2.04. The molecule has 0 aliphatic heterocycles. The van der Waals surface area contributed by atoms with Gasteiger partial charge in [-0.25, -0.2) is 0 Å². The molecule has 0 aliphatic carbocycles. The molecule has 0 aliphatic rings. The van der Waals surface area contributed by atoms with Crippen LogP contribution in [0.5, 0.6) is 0 Å². The van der Waals surface area contributed by atoms with E-state index in [2.05, 4.69) is 10.8 Å². The zero-order valence-electron chi connectivity index (χ0n) is 9.14. The van der Waals surface area contributed by atoms with E-state index in [1.165, 1.54) is 7.11 Å². The lowest BCUT2D eigenvalue weighted by molar-refractivity contribution is -0.140. The van der Waals surface area contributed by atoms with Crippen LogP contribution in [0.3, 0.4) is 0 Å². The number of ether oxygens (including phenoxy) is 1. The Labute approximate surface area is 94.6 Å². The van der Waals surface area contributed by atoms with E-state index in [-0.39, 0.29) is 18.3 Å². The van der Waals surface area contributed by atoms with E-state index in [0.29, 0.717) is 12.1 Å². The smallest absolute Gasteiger partial charge is 0.305 e. The molecule has 0 heterocycles. The minimum absolute atomic E-state index is 0.249. The standard InChI is InChI=1S/C12H14N2O2/c1-16-12(15)7-4-10(8-13)9-2-5-11(14)6-3-9/h2-3,5-6,10H,4,7,14H2,1H3. The highest BCUT2D eigenvalue weighted by Crippen LogP contribution is 2.21. The van der Waals surface area contributed by atoms with E-state index in [1.54, 1.807) is 24.3 Å². The Morgan fingerprint density at radius 3 is 2.62 bits per heavy atom. The number of carbonyl (C=O) groups excluding carboxylic acids is 1. The molecule has 1 atom stereocenters. The van der Waals surface area contributed by atoms with Crippen molar-refractivity contribution in [1.29, 1.82) is 5.26 Å². The maximum absolute atomic E-state index is 11.0. The van der Waals surface area contributed by atoms with Crippen LogP contribution in [0.25, 0.3) is 0 Å². The number of anilines is 1. The van der Waals surface area contributed by atoms with Crippen molar-refractivity contribution in [2.45, 2.75) is 18.8 Å². The van der Waals surface area contributed by atoms with E-state index < -0.39 is 0 Å². The Morgan fingerprint density at radius 1 is 1.50 bits per heavy atom. The lowest BCUT2D eigenvalue weighted by Gasteiger charge is -2.08. The molecule has 0 radical (unpaired) electrons. The molecule has 0 spiro atoms. The molecule has 0 bridgehead atoms. The largest absolute Gasteiger partial charge is 0.469 e. The number of hydrogen-bond donors (Lipinski definition) is 1. The van der Waals surface area contributed by atoms with Crippen LogP contribution in [-0.4, -0.2) is 13.1 Å². The van der Waals surface area contributed by atoms with Gasteiger partial charge in [-0.15, -0.1) is 0 Å². The first-order chi connectivity index (χ1) is 7.67. The summed E-state index contributed by atoms with van der Waals surface area (Å²) in [5.41, 5.74) is 7.09. The van der Waals surface area contributed by atoms with Crippen molar-refractivity contribution in [2.24, 2.45) is 0 Å². The molecule has 0 aromatic heterocycles. The summed E-state index contributed by atoms with van der Waals surface area (Å²) in [7, 11) is 1.34. The van der Waals surface area contributed by atoms with Crippen molar-refractivity contribution in [2.75, 3.05) is 12.8 Å². The quantitative estimate of drug-likeness (QED) is 0.617. The van der Waals surface area contributed by atoms with Gasteiger partial charge in [0, 0.05) is 12.1 Å². The number of nitrogens with zero attached hydrogens (tertiary/aromatic N) is 1. The van der Waals surface area contributed by atoms with E-state index in [0.717, 1.165) is 5.56 Å². The Hall–Kier alpha value is -2.02. The second-order valence-corrected chi connectivity index (χ2v) is 3.46. The number of benzene rings is 1. The van der Waals surface area contributed by atoms with Gasteiger partial charge in [0.2, 0.25) is 0 Å². The summed E-state index contributed by atoms with van der Waals surface area (Å²) in [6.45, 7) is 0. The van der Waals surface area contributed by atoms with E-state index >= 15 is 0 Å². The molecule has 84 valence electrons. The van der Waals surface area contributed by atoms with E-state index in [4.69, 9.17) is 11.0 Å². The van der Waals surface area contributed by atoms with Crippen LogP contribution < -0.4 is 5.73 Å². The summed E-state index contributed by atoms with van der Waals surface area (Å²) in [5, 5.41) is 9.00. The van der Waals surface area contributed by atoms with Gasteiger partial charge in [-0.2, -0.15) is 5.26 Å². The summed E-state index contributed by atoms with van der Waals surface area (Å²) in [4.78, 5) is 11.0. The third-order valence-electron chi connectivity index (χ3n) is 2.36. The number of hydrogen-bond acceptors (Lipinski definition) is 4. The van der Waals surface area contributed by atoms with Crippen LogP contribution in [0.2, 0.25) is 0 Å². The van der Waals surface area contributed by atoms with E-state index in [1.807, 2.05) is 0 Å². The molecular weight excluding hydrogens is 204 g/mol. The molecule has 1 aromatic rings. The predicted octanol–water partition coefficient (Wildman–Crippen LogP) is 1.83. The molecule has 1 aromatic carbocycles. The van der Waals surface area contributed by atoms with Gasteiger partial charge in [0.15, 0.2) is 0 Å². The Balaban J connectivity index is 2.65. The number of methoxy groups -OCH3 is 1. The third-order valence-corrected chi connectivity index (χ3v) is 2.36. The second-order valence-electron chi connectivity index (χ2n) is 3.46. The zero-order valence-corrected chi connectivity index (χ0v) is 9.14. The maximum Gasteiger partial charge on any atom is 0.305 e. The Bertz CT molecular complexity index is 392. The SMILES string of the molecule is COC(=O)CCC(C#N)c1ccc(N)cc1. The molecule has 0 saturated heterocycles. The summed E-state index contributed by atoms with van der Waals surface area (Å²) < 4.78 is 4.53. The molecule has 4 heteroatoms. The average molecular weight is 218 g/mol. The fourth-order valence-corrected chi connectivity index (χ4v) is 1.40. The van der Waals surface area contributed by atoms with Crippen molar-refractivity contribution in [1.82, 2.24) is 0 Å². The van der Waals surface area contributed by atoms with Crippen LogP contribution in [0.15, 0.2) is 24.3 Å². The minimum atomic E-state index is -0.296. The monoisotopic (exact) mass is 218 g/mol. The number of nitrogens with two attached hydrogens (primary N) is 1. The number of carbonyl (C=O) groups is 1. The molecule has 4 nitrogen and oxygen atoms in total. The van der Waals surface area contributed by atoms with Gasteiger partial charge in [0.1, 0.15) is 0 Å². The van der Waals surface area contributed by atoms with Gasteiger partial charge < -0.3 is 10.5 Å². The predicted molar refractivity (Wildman–Crippen MR) is 60.5 cm³/mol. The van der Waals surface area contributed by atoms with Gasteiger partial charge in [-0.3, -0.25) is 4.79 Å². The van der Waals surface area contributed by atoms with Gasteiger partial charge >= 0.3 is 5.97 Å². The summed E-state index contributed by atoms with van der Waals surface area (Å²) in [6.07, 6.45) is 0.714. The highest BCUT2D eigenvalue weighted by atomic mass is 16.5. The second kappa shape index (κ2) is 5.76. The Kier molecular flexibility index (Phi) is 4.34. The maximum atomic E-state index is 11.0. The molecule has 1 rings (SSSR count). The fourth-order valence-electron chi connectivity index (χ4n) is 1.40. The lowest BCUT2D eigenvalue weighted by atomic mass is 9.95. The number of nitrogen functional groups attached to an aromatic ring is 1. The number of esters is 1. The van der Waals surface area contributed by atoms with Crippen molar-refractivity contribution in [3.05, 3.63) is 29.8 Å². The summed E-state index contributed by atoms with van der Waals surface area (Å²) >= 11 is 0. The van der Waals surface area contributed by atoms with Crippen molar-refractivity contribution in [3.8, 4) is 6.07 Å². The Morgan fingerprint density at radius 2 is 2.12 bits per heavy atom. The molecule has 16 heavy (non-hydrogen) atoms. The molecule has 1 unspecified atom stereocenters. The van der Waals surface area contributed by atoms with Crippen LogP contribution in [0.4, 0.5) is 5.69 Å². The molecule has 2 N–H and O–H groups in total. The van der Waals surface area contributed by atoms with Crippen molar-refractivity contribution >= 4 is 11.7 Å². The van der Waals surface area contributed by atoms with Gasteiger partial charge in [-0.1, -0.05) is 12.1 Å². The highest BCUT2D eigenvalue weighted by Gasteiger charge is 2.12. The first-order valence-electron chi connectivity index (χ1n) is 4.99. The van der Waals surface area contributed by atoms with Crippen molar-refractivity contribution in [3.63, 3.8) is 0 Å². The zero-order chi connectivity index (χ0) is 12.0. The van der Waals surface area contributed by atoms with Crippen LogP contribution in [0.1, 0.15) is 24.3 Å². The minimum Gasteiger partial charge on any atom is -0.469 e. The average Bonchev–Trinajstić information content (AvgIpc) is 2.31. The molecule has 0 fully saturated rings. The first kappa shape index (κ1) is 12.1. The molecule has 0 saturated carbocycles. The molecular formula is C12H14N2O2. The molecule has 0 amide bonds. The summed E-state index contributed by atoms with van der Waals surface area (Å²) in [5.74, 6) is -0.588. The number of nitriles is 1. The topological polar surface area (TPSA) is 76.1 Å². The van der Waals surface area contributed by atoms with Crippen molar-refractivity contribution < 1.29 is 9.53 Å². The van der Waals surface area contributed by atoms with Gasteiger partial charge in [0.05, 0.1) is 19.1 Å². The van der Waals surface area contributed by atoms with Crippen LogP contribution in [0, 0.1) is 11.3 Å². The third kappa shape index (κ3) is 3.28. The van der Waals surface area contributed by atoms with Crippen LogP contribution >= 0.6 is 0 Å². The highest BCUT2D eigenvalue weighted by molar-refractivity contribution is 5.69. The van der Waals surface area contributed by atoms with Gasteiger partial charge in [-0.05, 0) is 24.1 Å². The van der Waals surface area contributed by atoms with Crippen LogP contribution in [-0.2, 0) is 9.53 Å². The first-order valence-corrected chi connectivity index (χ1v) is 4.99. The fraction of sp³-hybridized carbons (Fsp3) is 0.333. The van der Waals surface area contributed by atoms with Gasteiger partial charge in [0.25, 0.3) is 0 Å². The number of rotatable bonds is 4. The summed E-state index contributed by atoms with van der Waals surface area (Å²) in [6, 6.07) is 9.28. The normalized spacial score (nSPS) is 11.5.